The first-order valence-electron chi connectivity index (χ1n) is 11.6. The molecule has 4 rings (SSSR count). The van der Waals surface area contributed by atoms with Crippen molar-refractivity contribution in [1.82, 2.24) is 19.9 Å². The van der Waals surface area contributed by atoms with E-state index >= 15 is 0 Å². The molecule has 1 aromatic carbocycles. The quantitative estimate of drug-likeness (QED) is 0.331. The topological polar surface area (TPSA) is 45.2 Å². The van der Waals surface area contributed by atoms with Gasteiger partial charge < -0.3 is 4.90 Å². The summed E-state index contributed by atoms with van der Waals surface area (Å²) < 4.78 is 0. The monoisotopic (exact) mass is 459 g/mol. The third-order valence-corrected chi connectivity index (χ3v) is 6.99. The van der Waals surface area contributed by atoms with Gasteiger partial charge in [0.05, 0.1) is 5.69 Å². The zero-order valence-corrected chi connectivity index (χ0v) is 20.6. The second-order valence-corrected chi connectivity index (χ2v) is 9.80. The average molecular weight is 460 g/mol. The van der Waals surface area contributed by atoms with Gasteiger partial charge in [0.2, 0.25) is 0 Å². The fourth-order valence-electron chi connectivity index (χ4n) is 4.22. The molecule has 3 heterocycles. The van der Waals surface area contributed by atoms with Crippen LogP contribution in [0.3, 0.4) is 0 Å². The summed E-state index contributed by atoms with van der Waals surface area (Å²) in [7, 11) is 4.14. The van der Waals surface area contributed by atoms with Crippen LogP contribution in [-0.2, 0) is 5.75 Å². The fraction of sp³-hybridized carbons (Fsp3) is 0.370. The van der Waals surface area contributed by atoms with E-state index in [1.807, 2.05) is 18.5 Å². The van der Waals surface area contributed by atoms with Crippen LogP contribution in [-0.4, -0.2) is 53.6 Å². The molecule has 1 aliphatic rings. The van der Waals surface area contributed by atoms with E-state index in [-0.39, 0.29) is 0 Å². The van der Waals surface area contributed by atoms with Gasteiger partial charge in [0.25, 0.3) is 0 Å². The van der Waals surface area contributed by atoms with Crippen LogP contribution in [0.2, 0.25) is 0 Å². The van der Waals surface area contributed by atoms with Crippen LogP contribution >= 0.6 is 11.8 Å². The molecule has 2 aromatic heterocycles. The van der Waals surface area contributed by atoms with Gasteiger partial charge in [-0.15, -0.1) is 0 Å². The number of hydrogen-bond donors (Lipinski definition) is 0. The number of nitrogens with zero attached hydrogens (tertiary/aromatic N) is 5. The number of anilines is 1. The molecule has 0 amide bonds. The smallest absolute Gasteiger partial charge is 0.188 e. The zero-order chi connectivity index (χ0) is 23.0. The molecule has 0 saturated carbocycles. The van der Waals surface area contributed by atoms with Crippen LogP contribution in [0.5, 0.6) is 0 Å². The van der Waals surface area contributed by atoms with Gasteiger partial charge in [-0.05, 0) is 61.2 Å². The highest BCUT2D eigenvalue weighted by atomic mass is 32.2. The maximum absolute atomic E-state index is 4.98. The Labute approximate surface area is 202 Å². The van der Waals surface area contributed by atoms with Crippen LogP contribution in [0.25, 0.3) is 6.08 Å². The van der Waals surface area contributed by atoms with E-state index < -0.39 is 0 Å². The molecule has 3 aromatic rings. The first kappa shape index (κ1) is 23.5. The van der Waals surface area contributed by atoms with E-state index in [9.17, 15) is 0 Å². The molecule has 0 aliphatic carbocycles. The summed E-state index contributed by atoms with van der Waals surface area (Å²) in [5.41, 5.74) is 6.08. The van der Waals surface area contributed by atoms with Crippen molar-refractivity contribution < 1.29 is 0 Å². The van der Waals surface area contributed by atoms with E-state index in [2.05, 4.69) is 83.3 Å². The standard InChI is InChI=1S/C27H33N5S/c1-21-17-29-27(33-20-23-7-4-14-28-18-23)30-26(21)24-9-6-16-32(19-24)15-5-8-22-10-12-25(13-11-22)31(2)3/h4-5,7-8,10-14,17-18,24H,6,9,15-16,19-20H2,1-3H3. The van der Waals surface area contributed by atoms with Gasteiger partial charge in [-0.3, -0.25) is 9.88 Å². The molecule has 1 saturated heterocycles. The lowest BCUT2D eigenvalue weighted by molar-refractivity contribution is 0.225. The van der Waals surface area contributed by atoms with Crippen molar-refractivity contribution in [2.75, 3.05) is 38.6 Å². The predicted octanol–water partition coefficient (Wildman–Crippen LogP) is 5.43. The number of thioether (sulfide) groups is 1. The Morgan fingerprint density at radius 2 is 2.00 bits per heavy atom. The molecule has 1 fully saturated rings. The third-order valence-electron chi connectivity index (χ3n) is 6.06. The molecule has 172 valence electrons. The van der Waals surface area contributed by atoms with Gasteiger partial charge in [-0.1, -0.05) is 42.1 Å². The molecule has 1 aliphatic heterocycles. The predicted molar refractivity (Wildman–Crippen MR) is 139 cm³/mol. The van der Waals surface area contributed by atoms with Crippen LogP contribution in [0.4, 0.5) is 5.69 Å². The Morgan fingerprint density at radius 1 is 1.15 bits per heavy atom. The maximum Gasteiger partial charge on any atom is 0.188 e. The maximum atomic E-state index is 4.98. The molecular weight excluding hydrogens is 426 g/mol. The van der Waals surface area contributed by atoms with Crippen molar-refractivity contribution in [2.45, 2.75) is 36.6 Å². The summed E-state index contributed by atoms with van der Waals surface area (Å²) in [5.74, 6) is 1.31. The highest BCUT2D eigenvalue weighted by molar-refractivity contribution is 7.98. The minimum absolute atomic E-state index is 0.465. The number of rotatable bonds is 8. The van der Waals surface area contributed by atoms with E-state index in [1.165, 1.54) is 40.9 Å². The Hall–Kier alpha value is -2.70. The molecule has 0 radical (unpaired) electrons. The summed E-state index contributed by atoms with van der Waals surface area (Å²) >= 11 is 1.69. The van der Waals surface area contributed by atoms with Crippen molar-refractivity contribution in [3.63, 3.8) is 0 Å². The van der Waals surface area contributed by atoms with Gasteiger partial charge in [-0.25, -0.2) is 9.97 Å². The number of pyridine rings is 1. The Bertz CT molecular complexity index is 1050. The number of benzene rings is 1. The van der Waals surface area contributed by atoms with Gasteiger partial charge in [0.15, 0.2) is 5.16 Å². The van der Waals surface area contributed by atoms with Crippen LogP contribution in [0.15, 0.2) is 66.2 Å². The molecular formula is C27H33N5S. The van der Waals surface area contributed by atoms with E-state index in [1.54, 1.807) is 18.0 Å². The lowest BCUT2D eigenvalue weighted by atomic mass is 9.92. The van der Waals surface area contributed by atoms with Crippen LogP contribution < -0.4 is 4.90 Å². The minimum atomic E-state index is 0.465. The summed E-state index contributed by atoms with van der Waals surface area (Å²) in [6.45, 7) is 5.31. The molecule has 1 unspecified atom stereocenters. The lowest BCUT2D eigenvalue weighted by Crippen LogP contribution is -2.35. The van der Waals surface area contributed by atoms with Gasteiger partial charge in [0.1, 0.15) is 0 Å². The normalized spacial score (nSPS) is 16.9. The van der Waals surface area contributed by atoms with E-state index in [0.29, 0.717) is 5.92 Å². The van der Waals surface area contributed by atoms with Crippen molar-refractivity contribution in [2.24, 2.45) is 0 Å². The lowest BCUT2D eigenvalue weighted by Gasteiger charge is -2.32. The van der Waals surface area contributed by atoms with Gasteiger partial charge >= 0.3 is 0 Å². The van der Waals surface area contributed by atoms with Crippen LogP contribution in [0.1, 0.15) is 41.1 Å². The fourth-order valence-corrected chi connectivity index (χ4v) is 4.98. The summed E-state index contributed by atoms with van der Waals surface area (Å²) in [6.07, 6.45) is 12.6. The molecule has 0 bridgehead atoms. The number of likely N-dealkylation sites (tertiary alicyclic amines) is 1. The average Bonchev–Trinajstić information content (AvgIpc) is 2.85. The number of aromatic nitrogens is 3. The van der Waals surface area contributed by atoms with Crippen molar-refractivity contribution in [3.05, 3.63) is 83.4 Å². The molecule has 5 nitrogen and oxygen atoms in total. The first-order chi connectivity index (χ1) is 16.1. The minimum Gasteiger partial charge on any atom is -0.378 e. The molecule has 33 heavy (non-hydrogen) atoms. The van der Waals surface area contributed by atoms with Gasteiger partial charge in [-0.2, -0.15) is 0 Å². The molecule has 6 heteroatoms. The Kier molecular flexibility index (Phi) is 8.13. The van der Waals surface area contributed by atoms with E-state index in [4.69, 9.17) is 4.98 Å². The van der Waals surface area contributed by atoms with Crippen molar-refractivity contribution >= 4 is 23.5 Å². The molecule has 0 spiro atoms. The number of piperidine rings is 1. The highest BCUT2D eigenvalue weighted by Gasteiger charge is 2.23. The van der Waals surface area contributed by atoms with Gasteiger partial charge in [0, 0.05) is 63.1 Å². The van der Waals surface area contributed by atoms with Crippen molar-refractivity contribution in [3.8, 4) is 0 Å². The van der Waals surface area contributed by atoms with E-state index in [0.717, 1.165) is 30.5 Å². The number of aryl methyl sites for hydroxylation is 1. The first-order valence-corrected chi connectivity index (χ1v) is 12.6. The SMILES string of the molecule is Cc1cnc(SCc2cccnc2)nc1C1CCCN(CC=Cc2ccc(N(C)C)cc2)C1. The summed E-state index contributed by atoms with van der Waals surface area (Å²) in [5, 5.41) is 0.859. The summed E-state index contributed by atoms with van der Waals surface area (Å²) in [4.78, 5) is 18.4. The number of hydrogen-bond acceptors (Lipinski definition) is 6. The molecule has 0 N–H and O–H groups in total. The van der Waals surface area contributed by atoms with Crippen molar-refractivity contribution in [1.29, 1.82) is 0 Å². The highest BCUT2D eigenvalue weighted by Crippen LogP contribution is 2.29. The summed E-state index contributed by atoms with van der Waals surface area (Å²) in [6, 6.07) is 12.8. The largest absolute Gasteiger partial charge is 0.378 e. The second-order valence-electron chi connectivity index (χ2n) is 8.86. The second kappa shape index (κ2) is 11.4. The Morgan fingerprint density at radius 3 is 2.76 bits per heavy atom. The zero-order valence-electron chi connectivity index (χ0n) is 19.8. The van der Waals surface area contributed by atoms with Crippen LogP contribution in [0, 0.1) is 6.92 Å². The third kappa shape index (κ3) is 6.65. The Balaban J connectivity index is 1.35. The molecule has 1 atom stereocenters.